The maximum Gasteiger partial charge on any atom is 0.318 e. The van der Waals surface area contributed by atoms with Crippen LogP contribution in [-0.2, 0) is 19.1 Å². The van der Waals surface area contributed by atoms with E-state index in [0.29, 0.717) is 0 Å². The van der Waals surface area contributed by atoms with Crippen LogP contribution in [0.2, 0.25) is 0 Å². The molecular formula is C9H6O4. The number of allylic oxidation sites excluding steroid dienone is 2. The van der Waals surface area contributed by atoms with E-state index in [1.807, 2.05) is 0 Å². The third-order valence-corrected chi connectivity index (χ3v) is 3.09. The Balaban J connectivity index is 2.14. The molecule has 0 N–H and O–H groups in total. The van der Waals surface area contributed by atoms with E-state index in [2.05, 4.69) is 4.74 Å². The van der Waals surface area contributed by atoms with E-state index in [0.717, 1.165) is 0 Å². The Hall–Kier alpha value is -1.45. The summed E-state index contributed by atoms with van der Waals surface area (Å²) in [4.78, 5) is 33.8. The number of rotatable bonds is 0. The Morgan fingerprint density at radius 3 is 1.85 bits per heavy atom. The minimum absolute atomic E-state index is 0.000000000000000222. The van der Waals surface area contributed by atoms with Gasteiger partial charge in [-0.05, 0) is 0 Å². The van der Waals surface area contributed by atoms with Crippen molar-refractivity contribution in [3.8, 4) is 0 Å². The maximum absolute atomic E-state index is 11.4. The highest BCUT2D eigenvalue weighted by atomic mass is 16.6. The van der Waals surface area contributed by atoms with Crippen LogP contribution in [0.4, 0.5) is 0 Å². The zero-order valence-corrected chi connectivity index (χ0v) is 6.60. The fourth-order valence-corrected chi connectivity index (χ4v) is 2.51. The highest BCUT2D eigenvalue weighted by Gasteiger charge is 2.62. The zero-order valence-electron chi connectivity index (χ0n) is 6.60. The third kappa shape index (κ3) is 0.610. The summed E-state index contributed by atoms with van der Waals surface area (Å²) < 4.78 is 4.49. The number of hydrogen-bond acceptors (Lipinski definition) is 4. The van der Waals surface area contributed by atoms with Crippen molar-refractivity contribution >= 4 is 17.7 Å². The van der Waals surface area contributed by atoms with Crippen molar-refractivity contribution in [2.75, 3.05) is 0 Å². The van der Waals surface area contributed by atoms with Crippen molar-refractivity contribution in [2.45, 2.75) is 0 Å². The molecule has 0 radical (unpaired) electrons. The Kier molecular flexibility index (Phi) is 1.02. The molecule has 0 aromatic carbocycles. The van der Waals surface area contributed by atoms with Crippen molar-refractivity contribution in [2.24, 2.45) is 23.7 Å². The van der Waals surface area contributed by atoms with Gasteiger partial charge in [-0.15, -0.1) is 0 Å². The summed E-state index contributed by atoms with van der Waals surface area (Å²) in [6.45, 7) is 0. The second-order valence-electron chi connectivity index (χ2n) is 3.63. The summed E-state index contributed by atoms with van der Waals surface area (Å²) in [5, 5.41) is 0. The Bertz CT molecular complexity index is 336. The number of ketones is 1. The fraction of sp³-hybridized carbons (Fsp3) is 0.444. The van der Waals surface area contributed by atoms with Gasteiger partial charge < -0.3 is 4.74 Å². The van der Waals surface area contributed by atoms with E-state index in [-0.39, 0.29) is 5.78 Å². The summed E-state index contributed by atoms with van der Waals surface area (Å²) in [6, 6.07) is 0. The van der Waals surface area contributed by atoms with E-state index in [9.17, 15) is 14.4 Å². The van der Waals surface area contributed by atoms with Gasteiger partial charge in [0.2, 0.25) is 0 Å². The van der Waals surface area contributed by atoms with Gasteiger partial charge in [-0.25, -0.2) is 0 Å². The summed E-state index contributed by atoms with van der Waals surface area (Å²) >= 11 is 0. The van der Waals surface area contributed by atoms with Gasteiger partial charge in [0.1, 0.15) is 5.78 Å². The molecule has 4 atom stereocenters. The molecule has 2 fully saturated rings. The van der Waals surface area contributed by atoms with Gasteiger partial charge in [-0.1, -0.05) is 12.2 Å². The van der Waals surface area contributed by atoms with Crippen LogP contribution in [0.15, 0.2) is 12.2 Å². The number of fused-ring (bicyclic) bond motifs is 5. The largest absolute Gasteiger partial charge is 0.393 e. The van der Waals surface area contributed by atoms with E-state index < -0.39 is 35.6 Å². The molecule has 3 rings (SSSR count). The number of ether oxygens (including phenoxy) is 1. The van der Waals surface area contributed by atoms with E-state index in [4.69, 9.17) is 0 Å². The quantitative estimate of drug-likeness (QED) is 0.290. The van der Waals surface area contributed by atoms with Gasteiger partial charge in [0.15, 0.2) is 0 Å². The van der Waals surface area contributed by atoms with Crippen molar-refractivity contribution < 1.29 is 19.1 Å². The van der Waals surface area contributed by atoms with Crippen LogP contribution in [0.5, 0.6) is 0 Å². The molecule has 4 nitrogen and oxygen atoms in total. The lowest BCUT2D eigenvalue weighted by Gasteiger charge is -2.10. The first kappa shape index (κ1) is 7.00. The molecule has 0 amide bonds. The number of carbonyl (C=O) groups is 3. The smallest absolute Gasteiger partial charge is 0.318 e. The molecule has 0 aromatic rings. The molecule has 1 saturated carbocycles. The first-order chi connectivity index (χ1) is 6.20. The summed E-state index contributed by atoms with van der Waals surface area (Å²) in [6.07, 6.45) is 3.43. The molecule has 2 bridgehead atoms. The number of cyclic esters (lactones) is 2. The van der Waals surface area contributed by atoms with Crippen LogP contribution in [-0.4, -0.2) is 17.7 Å². The Morgan fingerprint density at radius 1 is 0.923 bits per heavy atom. The van der Waals surface area contributed by atoms with Crippen molar-refractivity contribution in [3.05, 3.63) is 12.2 Å². The summed E-state index contributed by atoms with van der Waals surface area (Å²) in [5.74, 6) is -2.88. The monoisotopic (exact) mass is 178 g/mol. The van der Waals surface area contributed by atoms with Gasteiger partial charge in [0.05, 0.1) is 23.7 Å². The highest BCUT2D eigenvalue weighted by molar-refractivity contribution is 6.08. The first-order valence-electron chi connectivity index (χ1n) is 4.18. The van der Waals surface area contributed by atoms with Crippen LogP contribution < -0.4 is 0 Å². The van der Waals surface area contributed by atoms with E-state index >= 15 is 0 Å². The second-order valence-corrected chi connectivity index (χ2v) is 3.63. The molecule has 3 aliphatic rings. The van der Waals surface area contributed by atoms with Crippen LogP contribution >= 0.6 is 0 Å². The maximum atomic E-state index is 11.4. The molecule has 0 aromatic heterocycles. The molecule has 0 unspecified atom stereocenters. The number of hydrogen-bond donors (Lipinski definition) is 0. The molecular weight excluding hydrogens is 172 g/mol. The highest BCUT2D eigenvalue weighted by Crippen LogP contribution is 2.49. The molecule has 66 valence electrons. The minimum atomic E-state index is -0.528. The molecule has 13 heavy (non-hydrogen) atoms. The first-order valence-corrected chi connectivity index (χ1v) is 4.18. The SMILES string of the molecule is O=C1OC(=O)[C@H]2[C@@H]1[C@H]1C=C[C@@H]2C1=O. The lowest BCUT2D eigenvalue weighted by atomic mass is 9.85. The molecule has 2 aliphatic carbocycles. The topological polar surface area (TPSA) is 60.4 Å². The molecule has 0 spiro atoms. The van der Waals surface area contributed by atoms with Crippen LogP contribution in [0, 0.1) is 23.7 Å². The molecule has 4 heteroatoms. The van der Waals surface area contributed by atoms with E-state index in [1.54, 1.807) is 12.2 Å². The predicted octanol–water partition coefficient (Wildman–Crippen LogP) is -0.313. The van der Waals surface area contributed by atoms with Crippen molar-refractivity contribution in [1.82, 2.24) is 0 Å². The zero-order chi connectivity index (χ0) is 9.16. The summed E-state index contributed by atoms with van der Waals surface area (Å²) in [7, 11) is 0. The lowest BCUT2D eigenvalue weighted by Crippen LogP contribution is -2.21. The Labute approximate surface area is 73.5 Å². The van der Waals surface area contributed by atoms with E-state index in [1.165, 1.54) is 0 Å². The third-order valence-electron chi connectivity index (χ3n) is 3.09. The fourth-order valence-electron chi connectivity index (χ4n) is 2.51. The summed E-state index contributed by atoms with van der Waals surface area (Å²) in [5.41, 5.74) is 0. The average molecular weight is 178 g/mol. The van der Waals surface area contributed by atoms with Crippen LogP contribution in [0.1, 0.15) is 0 Å². The standard InChI is InChI=1S/C9H6O4/c10-7-3-1-2-4(7)6-5(3)8(11)13-9(6)12/h1-6H/t3-,4+,5+,6-. The normalized spacial score (nSPS) is 45.7. The van der Waals surface area contributed by atoms with Crippen molar-refractivity contribution in [1.29, 1.82) is 0 Å². The molecule has 1 saturated heterocycles. The lowest BCUT2D eigenvalue weighted by molar-refractivity contribution is -0.155. The number of Topliss-reactive ketones (excluding diaryl/α,β-unsaturated/α-hetero) is 1. The van der Waals surface area contributed by atoms with Crippen LogP contribution in [0.25, 0.3) is 0 Å². The van der Waals surface area contributed by atoms with Gasteiger partial charge in [-0.3, -0.25) is 14.4 Å². The van der Waals surface area contributed by atoms with Gasteiger partial charge in [0.25, 0.3) is 0 Å². The Morgan fingerprint density at radius 2 is 1.38 bits per heavy atom. The van der Waals surface area contributed by atoms with Gasteiger partial charge >= 0.3 is 11.9 Å². The predicted molar refractivity (Wildman–Crippen MR) is 39.2 cm³/mol. The second kappa shape index (κ2) is 1.89. The number of esters is 2. The molecule has 1 heterocycles. The van der Waals surface area contributed by atoms with Crippen molar-refractivity contribution in [3.63, 3.8) is 0 Å². The van der Waals surface area contributed by atoms with Gasteiger partial charge in [-0.2, -0.15) is 0 Å². The van der Waals surface area contributed by atoms with Crippen LogP contribution in [0.3, 0.4) is 0 Å². The van der Waals surface area contributed by atoms with Gasteiger partial charge in [0, 0.05) is 0 Å². The minimum Gasteiger partial charge on any atom is -0.393 e. The number of carbonyl (C=O) groups excluding carboxylic acids is 3. The molecule has 1 aliphatic heterocycles. The average Bonchev–Trinajstić information content (AvgIpc) is 2.67.